The lowest BCUT2D eigenvalue weighted by atomic mass is 10.2. The lowest BCUT2D eigenvalue weighted by Gasteiger charge is -2.06. The summed E-state index contributed by atoms with van der Waals surface area (Å²) in [6, 6.07) is 0.535. The topological polar surface area (TPSA) is 50.2 Å². The smallest absolute Gasteiger partial charge is 0.354 e. The van der Waals surface area contributed by atoms with Crippen LogP contribution in [0, 0.1) is 5.82 Å². The molecule has 0 atom stereocenters. The van der Waals surface area contributed by atoms with Crippen LogP contribution in [0.3, 0.4) is 0 Å². The molecule has 0 aliphatic carbocycles. The van der Waals surface area contributed by atoms with Crippen molar-refractivity contribution < 1.29 is 23.1 Å². The lowest BCUT2D eigenvalue weighted by Crippen LogP contribution is -2.09. The number of pyridine rings is 1. The van der Waals surface area contributed by atoms with Gasteiger partial charge in [0, 0.05) is 17.0 Å². The maximum Gasteiger partial charge on any atom is 0.354 e. The fourth-order valence-electron chi connectivity index (χ4n) is 0.975. The Morgan fingerprint density at radius 2 is 2.20 bits per heavy atom. The highest BCUT2D eigenvalue weighted by molar-refractivity contribution is 9.08. The van der Waals surface area contributed by atoms with Crippen molar-refractivity contribution in [3.63, 3.8) is 0 Å². The minimum absolute atomic E-state index is 0.100. The van der Waals surface area contributed by atoms with E-state index in [2.05, 4.69) is 20.9 Å². The Balaban J connectivity index is 3.38. The Morgan fingerprint density at radius 1 is 1.60 bits per heavy atom. The van der Waals surface area contributed by atoms with E-state index >= 15 is 0 Å². The molecule has 0 amide bonds. The van der Waals surface area contributed by atoms with Gasteiger partial charge in [-0.3, -0.25) is 0 Å². The van der Waals surface area contributed by atoms with Crippen LogP contribution < -0.4 is 0 Å². The van der Waals surface area contributed by atoms with Crippen molar-refractivity contribution in [1.29, 1.82) is 0 Å². The fraction of sp³-hybridized carbons (Fsp3) is 0.250. The van der Waals surface area contributed by atoms with Crippen molar-refractivity contribution in [2.24, 2.45) is 0 Å². The van der Waals surface area contributed by atoms with Crippen molar-refractivity contribution in [1.82, 2.24) is 4.98 Å². The number of hydrogen-bond donors (Lipinski definition) is 1. The van der Waals surface area contributed by atoms with Gasteiger partial charge in [0.15, 0.2) is 5.69 Å². The molecule has 1 N–H and O–H groups in total. The molecule has 0 saturated carbocycles. The van der Waals surface area contributed by atoms with Crippen molar-refractivity contribution in [3.8, 4) is 0 Å². The van der Waals surface area contributed by atoms with E-state index in [-0.39, 0.29) is 10.9 Å². The molecule has 1 aromatic heterocycles. The van der Waals surface area contributed by atoms with Crippen LogP contribution >= 0.6 is 15.9 Å². The van der Waals surface area contributed by atoms with Crippen molar-refractivity contribution >= 4 is 21.9 Å². The van der Waals surface area contributed by atoms with Crippen LogP contribution in [0.5, 0.6) is 0 Å². The summed E-state index contributed by atoms with van der Waals surface area (Å²) < 4.78 is 37.5. The number of alkyl halides is 3. The molecular weight excluding hydrogens is 279 g/mol. The van der Waals surface area contributed by atoms with Crippen LogP contribution in [0.15, 0.2) is 6.07 Å². The molecule has 0 aliphatic rings. The first-order valence-electron chi connectivity index (χ1n) is 3.74. The molecule has 0 unspecified atom stereocenters. The van der Waals surface area contributed by atoms with Gasteiger partial charge < -0.3 is 5.11 Å². The number of carbonyl (C=O) groups is 1. The molecule has 1 aromatic rings. The molecule has 0 fully saturated rings. The zero-order chi connectivity index (χ0) is 11.6. The molecule has 0 aliphatic heterocycles. The van der Waals surface area contributed by atoms with E-state index in [1.165, 1.54) is 0 Å². The number of nitrogens with zero attached hydrogens (tertiary/aromatic N) is 1. The van der Waals surface area contributed by atoms with Gasteiger partial charge in [-0.2, -0.15) is 0 Å². The van der Waals surface area contributed by atoms with Gasteiger partial charge in [0.05, 0.1) is 0 Å². The monoisotopic (exact) mass is 283 g/mol. The Bertz CT molecular complexity index is 398. The highest BCUT2D eigenvalue weighted by Gasteiger charge is 2.20. The van der Waals surface area contributed by atoms with Gasteiger partial charge in [-0.15, -0.1) is 0 Å². The molecule has 0 aromatic carbocycles. The van der Waals surface area contributed by atoms with E-state index in [0.717, 1.165) is 0 Å². The van der Waals surface area contributed by atoms with Crippen LogP contribution in [0.2, 0.25) is 0 Å². The summed E-state index contributed by atoms with van der Waals surface area (Å²) in [6.45, 7) is 0. The summed E-state index contributed by atoms with van der Waals surface area (Å²) in [5, 5.41) is 8.53. The highest BCUT2D eigenvalue weighted by atomic mass is 79.9. The predicted octanol–water partition coefficient (Wildman–Crippen LogP) is 2.75. The second kappa shape index (κ2) is 4.61. The Morgan fingerprint density at radius 3 is 2.60 bits per heavy atom. The maximum absolute atomic E-state index is 13.2. The molecule has 1 heterocycles. The summed E-state index contributed by atoms with van der Waals surface area (Å²) in [6.07, 6.45) is -3.00. The summed E-state index contributed by atoms with van der Waals surface area (Å²) in [7, 11) is 0. The number of carboxylic acid groups (broad SMARTS) is 1. The summed E-state index contributed by atoms with van der Waals surface area (Å²) in [4.78, 5) is 13.8. The van der Waals surface area contributed by atoms with E-state index in [1.807, 2.05) is 0 Å². The number of carboxylic acids is 1. The normalized spacial score (nSPS) is 10.7. The summed E-state index contributed by atoms with van der Waals surface area (Å²) in [5.41, 5.74) is -1.82. The number of aromatic carboxylic acids is 1. The van der Waals surface area contributed by atoms with Crippen LogP contribution in [0.25, 0.3) is 0 Å². The number of aromatic nitrogens is 1. The highest BCUT2D eigenvalue weighted by Crippen LogP contribution is 2.22. The Hall–Kier alpha value is -1.11. The SMILES string of the molecule is O=C(O)c1nc(C(F)F)cc(F)c1CBr. The van der Waals surface area contributed by atoms with Gasteiger partial charge in [0.2, 0.25) is 0 Å². The molecule has 1 rings (SSSR count). The quantitative estimate of drug-likeness (QED) is 0.868. The molecule has 0 radical (unpaired) electrons. The lowest BCUT2D eigenvalue weighted by molar-refractivity contribution is 0.0687. The largest absolute Gasteiger partial charge is 0.477 e. The number of halogens is 4. The average Bonchev–Trinajstić information content (AvgIpc) is 2.16. The van der Waals surface area contributed by atoms with Gasteiger partial charge in [-0.05, 0) is 0 Å². The van der Waals surface area contributed by atoms with E-state index in [9.17, 15) is 18.0 Å². The number of hydrogen-bond acceptors (Lipinski definition) is 2. The van der Waals surface area contributed by atoms with Crippen LogP contribution in [0.1, 0.15) is 28.2 Å². The third-order valence-corrected chi connectivity index (χ3v) is 2.21. The van der Waals surface area contributed by atoms with Crippen LogP contribution in [-0.2, 0) is 5.33 Å². The zero-order valence-electron chi connectivity index (χ0n) is 7.18. The standard InChI is InChI=1S/C8H5BrF3NO2/c9-2-3-4(10)1-5(7(11)12)13-6(3)8(14)15/h1,7H,2H2,(H,14,15). The predicted molar refractivity (Wildman–Crippen MR) is 48.7 cm³/mol. The summed E-state index contributed by atoms with van der Waals surface area (Å²) in [5.74, 6) is -2.54. The maximum atomic E-state index is 13.2. The molecule has 0 spiro atoms. The summed E-state index contributed by atoms with van der Waals surface area (Å²) >= 11 is 2.86. The van der Waals surface area contributed by atoms with Crippen molar-refractivity contribution in [3.05, 3.63) is 28.8 Å². The van der Waals surface area contributed by atoms with Gasteiger partial charge in [-0.25, -0.2) is 22.9 Å². The first-order valence-corrected chi connectivity index (χ1v) is 4.86. The molecule has 7 heteroatoms. The average molecular weight is 284 g/mol. The molecule has 0 saturated heterocycles. The molecule has 0 bridgehead atoms. The van der Waals surface area contributed by atoms with E-state index in [0.29, 0.717) is 6.07 Å². The van der Waals surface area contributed by atoms with Crippen LogP contribution in [-0.4, -0.2) is 16.1 Å². The van der Waals surface area contributed by atoms with Gasteiger partial charge in [0.25, 0.3) is 6.43 Å². The Kier molecular flexibility index (Phi) is 3.67. The molecule has 3 nitrogen and oxygen atoms in total. The fourth-order valence-corrected chi connectivity index (χ4v) is 1.51. The van der Waals surface area contributed by atoms with Crippen molar-refractivity contribution in [2.75, 3.05) is 0 Å². The third-order valence-electron chi connectivity index (χ3n) is 1.65. The van der Waals surface area contributed by atoms with E-state index < -0.39 is 29.6 Å². The van der Waals surface area contributed by atoms with Gasteiger partial charge in [-0.1, -0.05) is 15.9 Å². The second-order valence-electron chi connectivity index (χ2n) is 2.60. The second-order valence-corrected chi connectivity index (χ2v) is 3.16. The van der Waals surface area contributed by atoms with Gasteiger partial charge in [0.1, 0.15) is 11.5 Å². The van der Waals surface area contributed by atoms with Crippen LogP contribution in [0.4, 0.5) is 13.2 Å². The van der Waals surface area contributed by atoms with Crippen molar-refractivity contribution in [2.45, 2.75) is 11.8 Å². The zero-order valence-corrected chi connectivity index (χ0v) is 8.76. The first kappa shape index (κ1) is 12.0. The number of rotatable bonds is 3. The third kappa shape index (κ3) is 2.47. The van der Waals surface area contributed by atoms with E-state index in [1.54, 1.807) is 0 Å². The minimum atomic E-state index is -3.00. The minimum Gasteiger partial charge on any atom is -0.477 e. The molecular formula is C8H5BrF3NO2. The molecule has 15 heavy (non-hydrogen) atoms. The van der Waals surface area contributed by atoms with Gasteiger partial charge >= 0.3 is 5.97 Å². The Labute approximate surface area is 91.1 Å². The van der Waals surface area contributed by atoms with E-state index in [4.69, 9.17) is 5.11 Å². The first-order chi connectivity index (χ1) is 6.97. The molecule has 82 valence electrons.